The number of methoxy groups -OCH3 is 1. The summed E-state index contributed by atoms with van der Waals surface area (Å²) < 4.78 is 6.07. The predicted octanol–water partition coefficient (Wildman–Crippen LogP) is 3.33. The molecule has 1 N–H and O–H groups in total. The normalized spacial score (nSPS) is 17.7. The number of carbonyl (C=O) groups excluding carboxylic acids is 2. The molecule has 0 aliphatic carbocycles. The summed E-state index contributed by atoms with van der Waals surface area (Å²) in [6.45, 7) is 1.08. The molecule has 2 aromatic carbocycles. The number of esters is 1. The minimum absolute atomic E-state index is 0.138. The van der Waals surface area contributed by atoms with Crippen LogP contribution in [-0.2, 0) is 20.7 Å². The van der Waals surface area contributed by atoms with E-state index >= 15 is 0 Å². The first-order valence-electron chi connectivity index (χ1n) is 10.1. The number of benzene rings is 2. The molecule has 1 aromatic heterocycles. The second-order valence-electron chi connectivity index (χ2n) is 7.48. The van der Waals surface area contributed by atoms with Crippen LogP contribution in [0.3, 0.4) is 0 Å². The lowest BCUT2D eigenvalue weighted by atomic mass is 10.1. The predicted molar refractivity (Wildman–Crippen MR) is 117 cm³/mol. The maximum Gasteiger partial charge on any atom is 0.328 e. The number of carbonyl (C=O) groups is 2. The van der Waals surface area contributed by atoms with Crippen molar-refractivity contribution in [3.8, 4) is 0 Å². The second kappa shape index (κ2) is 9.36. The lowest BCUT2D eigenvalue weighted by molar-refractivity contribution is -0.145. The minimum Gasteiger partial charge on any atom is -0.467 e. The Morgan fingerprint density at radius 3 is 2.73 bits per heavy atom. The molecular formula is C23H25N3O3S. The summed E-state index contributed by atoms with van der Waals surface area (Å²) in [5.74, 6) is -0.606. The fourth-order valence-electron chi connectivity index (χ4n) is 3.94. The Labute approximate surface area is 179 Å². The molecule has 2 unspecified atom stereocenters. The van der Waals surface area contributed by atoms with Crippen LogP contribution in [0.15, 0.2) is 54.6 Å². The number of nitrogens with zero attached hydrogens (tertiary/aromatic N) is 2. The Morgan fingerprint density at radius 2 is 1.97 bits per heavy atom. The fourth-order valence-corrected chi connectivity index (χ4v) is 5.07. The van der Waals surface area contributed by atoms with E-state index in [9.17, 15) is 9.59 Å². The van der Waals surface area contributed by atoms with Crippen molar-refractivity contribution in [3.05, 3.63) is 65.2 Å². The van der Waals surface area contributed by atoms with Crippen molar-refractivity contribution in [2.75, 3.05) is 20.2 Å². The van der Waals surface area contributed by atoms with Crippen LogP contribution >= 0.6 is 11.3 Å². The number of hydrogen-bond donors (Lipinski definition) is 1. The Balaban J connectivity index is 1.42. The van der Waals surface area contributed by atoms with E-state index in [2.05, 4.69) is 16.3 Å². The van der Waals surface area contributed by atoms with Gasteiger partial charge in [-0.25, -0.2) is 9.78 Å². The van der Waals surface area contributed by atoms with E-state index < -0.39 is 12.0 Å². The van der Waals surface area contributed by atoms with Gasteiger partial charge in [-0.15, -0.1) is 11.3 Å². The third-order valence-corrected chi connectivity index (χ3v) is 6.55. The van der Waals surface area contributed by atoms with E-state index in [1.807, 2.05) is 48.5 Å². The summed E-state index contributed by atoms with van der Waals surface area (Å²) >= 11 is 1.69. The van der Waals surface area contributed by atoms with Crippen LogP contribution in [0.25, 0.3) is 10.2 Å². The Hall–Kier alpha value is -2.77. The summed E-state index contributed by atoms with van der Waals surface area (Å²) in [7, 11) is 1.34. The molecule has 1 amide bonds. The number of aromatic nitrogens is 1. The van der Waals surface area contributed by atoms with Crippen LogP contribution in [0.2, 0.25) is 0 Å². The van der Waals surface area contributed by atoms with Gasteiger partial charge in [-0.05, 0) is 37.1 Å². The van der Waals surface area contributed by atoms with Gasteiger partial charge in [-0.3, -0.25) is 9.69 Å². The number of rotatable bonds is 7. The van der Waals surface area contributed by atoms with Crippen molar-refractivity contribution in [1.29, 1.82) is 0 Å². The molecule has 1 fully saturated rings. The summed E-state index contributed by atoms with van der Waals surface area (Å²) in [5, 5.41) is 3.92. The van der Waals surface area contributed by atoms with Crippen LogP contribution in [0.5, 0.6) is 0 Å². The smallest absolute Gasteiger partial charge is 0.328 e. The SMILES string of the molecule is COC(=O)C(Cc1ccccc1)NC(=O)CN1CCCC1c1nc2ccccc2s1. The summed E-state index contributed by atoms with van der Waals surface area (Å²) in [6.07, 6.45) is 2.41. The minimum atomic E-state index is -0.701. The van der Waals surface area contributed by atoms with Gasteiger partial charge in [0, 0.05) is 6.42 Å². The molecule has 30 heavy (non-hydrogen) atoms. The molecule has 2 atom stereocenters. The number of para-hydroxylation sites is 1. The van der Waals surface area contributed by atoms with Crippen molar-refractivity contribution < 1.29 is 14.3 Å². The van der Waals surface area contributed by atoms with Gasteiger partial charge in [0.15, 0.2) is 0 Å². The van der Waals surface area contributed by atoms with Gasteiger partial charge >= 0.3 is 5.97 Å². The Bertz CT molecular complexity index is 988. The highest BCUT2D eigenvalue weighted by molar-refractivity contribution is 7.18. The van der Waals surface area contributed by atoms with Gasteiger partial charge in [0.25, 0.3) is 0 Å². The molecule has 0 spiro atoms. The number of hydrogen-bond acceptors (Lipinski definition) is 6. The Kier molecular flexibility index (Phi) is 6.40. The molecule has 3 aromatic rings. The number of fused-ring (bicyclic) bond motifs is 1. The molecule has 1 aliphatic rings. The van der Waals surface area contributed by atoms with Crippen LogP contribution in [0, 0.1) is 0 Å². The van der Waals surface area contributed by atoms with E-state index in [-0.39, 0.29) is 18.5 Å². The molecule has 1 aliphatic heterocycles. The summed E-state index contributed by atoms with van der Waals surface area (Å²) in [5.41, 5.74) is 1.98. The zero-order valence-corrected chi connectivity index (χ0v) is 17.7. The zero-order valence-electron chi connectivity index (χ0n) is 16.9. The van der Waals surface area contributed by atoms with Crippen molar-refractivity contribution in [2.45, 2.75) is 31.3 Å². The lowest BCUT2D eigenvalue weighted by Crippen LogP contribution is -2.47. The second-order valence-corrected chi connectivity index (χ2v) is 8.54. The van der Waals surface area contributed by atoms with Gasteiger partial charge < -0.3 is 10.1 Å². The van der Waals surface area contributed by atoms with Crippen LogP contribution in [-0.4, -0.2) is 48.0 Å². The van der Waals surface area contributed by atoms with Crippen molar-refractivity contribution in [3.63, 3.8) is 0 Å². The van der Waals surface area contributed by atoms with Gasteiger partial charge in [-0.2, -0.15) is 0 Å². The fraction of sp³-hybridized carbons (Fsp3) is 0.348. The highest BCUT2D eigenvalue weighted by Gasteiger charge is 2.31. The standard InChI is InChI=1S/C23H25N3O3S/c1-29-23(28)18(14-16-8-3-2-4-9-16)24-21(27)15-26-13-7-11-19(26)22-25-17-10-5-6-12-20(17)30-22/h2-6,8-10,12,18-19H,7,11,13-15H2,1H3,(H,24,27). The van der Waals surface area contributed by atoms with Gasteiger partial charge in [0.2, 0.25) is 5.91 Å². The number of amides is 1. The van der Waals surface area contributed by atoms with Gasteiger partial charge in [0.1, 0.15) is 11.0 Å². The topological polar surface area (TPSA) is 71.5 Å². The molecule has 0 bridgehead atoms. The lowest BCUT2D eigenvalue weighted by Gasteiger charge is -2.23. The molecule has 0 radical (unpaired) electrons. The number of ether oxygens (including phenoxy) is 1. The average molecular weight is 424 g/mol. The summed E-state index contributed by atoms with van der Waals surface area (Å²) in [4.78, 5) is 31.9. The van der Waals surface area contributed by atoms with E-state index in [1.165, 1.54) is 7.11 Å². The molecule has 4 rings (SSSR count). The highest BCUT2D eigenvalue weighted by atomic mass is 32.1. The van der Waals surface area contributed by atoms with E-state index in [0.29, 0.717) is 6.42 Å². The molecule has 156 valence electrons. The third-order valence-electron chi connectivity index (χ3n) is 5.41. The van der Waals surface area contributed by atoms with Crippen molar-refractivity contribution in [1.82, 2.24) is 15.2 Å². The van der Waals surface area contributed by atoms with E-state index in [0.717, 1.165) is 40.2 Å². The number of likely N-dealkylation sites (tertiary alicyclic amines) is 1. The van der Waals surface area contributed by atoms with Crippen LogP contribution in [0.4, 0.5) is 0 Å². The quantitative estimate of drug-likeness (QED) is 0.590. The van der Waals surface area contributed by atoms with E-state index in [4.69, 9.17) is 9.72 Å². The first-order valence-corrected chi connectivity index (χ1v) is 11.0. The number of thiazole rings is 1. The largest absolute Gasteiger partial charge is 0.467 e. The summed E-state index contributed by atoms with van der Waals surface area (Å²) in [6, 6.07) is 17.2. The zero-order chi connectivity index (χ0) is 20.9. The Morgan fingerprint density at radius 1 is 1.20 bits per heavy atom. The first-order chi connectivity index (χ1) is 14.6. The molecule has 0 saturated carbocycles. The van der Waals surface area contributed by atoms with Gasteiger partial charge in [-0.1, -0.05) is 42.5 Å². The molecular weight excluding hydrogens is 398 g/mol. The number of nitrogens with one attached hydrogen (secondary N) is 1. The average Bonchev–Trinajstić information content (AvgIpc) is 3.39. The van der Waals surface area contributed by atoms with Crippen LogP contribution in [0.1, 0.15) is 29.5 Å². The van der Waals surface area contributed by atoms with Crippen LogP contribution < -0.4 is 5.32 Å². The maximum absolute atomic E-state index is 12.8. The molecule has 2 heterocycles. The van der Waals surface area contributed by atoms with Crippen molar-refractivity contribution in [2.24, 2.45) is 0 Å². The van der Waals surface area contributed by atoms with E-state index in [1.54, 1.807) is 11.3 Å². The molecule has 7 heteroatoms. The highest BCUT2D eigenvalue weighted by Crippen LogP contribution is 2.36. The molecule has 6 nitrogen and oxygen atoms in total. The monoisotopic (exact) mass is 423 g/mol. The molecule has 1 saturated heterocycles. The third kappa shape index (κ3) is 4.68. The van der Waals surface area contributed by atoms with Crippen molar-refractivity contribution >= 4 is 33.4 Å². The first kappa shape index (κ1) is 20.5. The van der Waals surface area contributed by atoms with Gasteiger partial charge in [0.05, 0.1) is 29.9 Å². The maximum atomic E-state index is 12.8.